The van der Waals surface area contributed by atoms with Gasteiger partial charge in [-0.3, -0.25) is 14.3 Å². The van der Waals surface area contributed by atoms with Crippen molar-refractivity contribution in [3.8, 4) is 0 Å². The molecule has 1 aromatic carbocycles. The van der Waals surface area contributed by atoms with Crippen molar-refractivity contribution >= 4 is 38.6 Å². The maximum atomic E-state index is 12.4. The number of nitrogens with one attached hydrogen (secondary N) is 1. The lowest BCUT2D eigenvalue weighted by molar-refractivity contribution is 0.0500. The van der Waals surface area contributed by atoms with Crippen molar-refractivity contribution < 1.29 is 9.53 Å². The number of aromatic nitrogens is 4. The monoisotopic (exact) mass is 424 g/mol. The van der Waals surface area contributed by atoms with E-state index in [4.69, 9.17) is 4.74 Å². The highest BCUT2D eigenvalue weighted by atomic mass is 32.1. The fraction of sp³-hybridized carbons (Fsp3) is 0.286. The average molecular weight is 424 g/mol. The van der Waals surface area contributed by atoms with Gasteiger partial charge in [-0.05, 0) is 31.0 Å². The first-order valence-electron chi connectivity index (χ1n) is 9.71. The molecule has 0 aliphatic rings. The second-order valence-electron chi connectivity index (χ2n) is 6.82. The molecular weight excluding hydrogens is 404 g/mol. The molecule has 30 heavy (non-hydrogen) atoms. The number of rotatable bonds is 7. The van der Waals surface area contributed by atoms with Gasteiger partial charge in [-0.2, -0.15) is 0 Å². The number of hydrogen-bond donors (Lipinski definition) is 1. The molecule has 0 saturated carbocycles. The summed E-state index contributed by atoms with van der Waals surface area (Å²) in [6, 6.07) is 9.37. The maximum absolute atomic E-state index is 12.4. The van der Waals surface area contributed by atoms with Gasteiger partial charge in [-0.25, -0.2) is 19.6 Å². The lowest BCUT2D eigenvalue weighted by Gasteiger charge is -2.08. The zero-order valence-corrected chi connectivity index (χ0v) is 17.2. The highest BCUT2D eigenvalue weighted by Crippen LogP contribution is 2.22. The lowest BCUT2D eigenvalue weighted by atomic mass is 10.2. The number of H-pyrrole nitrogens is 1. The van der Waals surface area contributed by atoms with Crippen molar-refractivity contribution in [1.29, 1.82) is 0 Å². The maximum Gasteiger partial charge on any atom is 0.339 e. The van der Waals surface area contributed by atoms with Gasteiger partial charge >= 0.3 is 11.7 Å². The molecule has 0 aliphatic carbocycles. The largest absolute Gasteiger partial charge is 0.462 e. The molecule has 154 valence electrons. The predicted molar refractivity (Wildman–Crippen MR) is 115 cm³/mol. The first-order chi connectivity index (χ1) is 14.6. The normalized spacial score (nSPS) is 11.2. The van der Waals surface area contributed by atoms with Gasteiger partial charge in [-0.1, -0.05) is 19.1 Å². The number of fused-ring (bicyclic) bond motifs is 2. The molecule has 0 saturated heterocycles. The third kappa shape index (κ3) is 4.02. The average Bonchev–Trinajstić information content (AvgIpc) is 3.16. The Balaban J connectivity index is 1.42. The number of aryl methyl sites for hydroxylation is 2. The van der Waals surface area contributed by atoms with Crippen LogP contribution in [0.1, 0.15) is 35.1 Å². The van der Waals surface area contributed by atoms with Crippen LogP contribution in [0, 0.1) is 0 Å². The van der Waals surface area contributed by atoms with E-state index in [-0.39, 0.29) is 23.2 Å². The summed E-state index contributed by atoms with van der Waals surface area (Å²) in [5.74, 6) is -0.554. The molecule has 8 nitrogen and oxygen atoms in total. The fourth-order valence-electron chi connectivity index (χ4n) is 3.21. The van der Waals surface area contributed by atoms with Crippen LogP contribution in [0.5, 0.6) is 0 Å². The van der Waals surface area contributed by atoms with E-state index in [1.165, 1.54) is 16.8 Å². The Hall–Kier alpha value is -3.33. The summed E-state index contributed by atoms with van der Waals surface area (Å²) in [5.41, 5.74) is 0.337. The van der Waals surface area contributed by atoms with Crippen molar-refractivity contribution in [1.82, 2.24) is 19.5 Å². The molecule has 3 aromatic heterocycles. The molecular formula is C21H20N4O4S. The summed E-state index contributed by atoms with van der Waals surface area (Å²) < 4.78 is 7.86. The minimum atomic E-state index is -0.569. The number of pyridine rings is 1. The van der Waals surface area contributed by atoms with Gasteiger partial charge in [0.1, 0.15) is 5.65 Å². The van der Waals surface area contributed by atoms with Crippen LogP contribution >= 0.6 is 11.3 Å². The van der Waals surface area contributed by atoms with Crippen molar-refractivity contribution in [2.45, 2.75) is 32.7 Å². The van der Waals surface area contributed by atoms with Gasteiger partial charge in [-0.15, -0.1) is 11.3 Å². The minimum Gasteiger partial charge on any atom is -0.462 e. The number of carbonyl (C=O) groups excluding carboxylic acids is 1. The van der Waals surface area contributed by atoms with E-state index in [0.717, 1.165) is 15.2 Å². The molecule has 0 radical (unpaired) electrons. The van der Waals surface area contributed by atoms with Crippen LogP contribution in [0.2, 0.25) is 0 Å². The third-order valence-corrected chi connectivity index (χ3v) is 5.72. The SMILES string of the molecule is CCCn1c(=O)[nH]c(=O)c2cc(C(=O)OCCCc3nc4ccccc4s3)cnc21. The Labute approximate surface area is 175 Å². The van der Waals surface area contributed by atoms with Crippen LogP contribution < -0.4 is 11.2 Å². The number of para-hydroxylation sites is 1. The number of aromatic amines is 1. The lowest BCUT2D eigenvalue weighted by Crippen LogP contribution is -2.31. The molecule has 0 bridgehead atoms. The van der Waals surface area contributed by atoms with Crippen LogP contribution in [-0.2, 0) is 17.7 Å². The third-order valence-electron chi connectivity index (χ3n) is 4.62. The molecule has 1 N–H and O–H groups in total. The number of nitrogens with zero attached hydrogens (tertiary/aromatic N) is 3. The van der Waals surface area contributed by atoms with Gasteiger partial charge in [0, 0.05) is 19.2 Å². The Morgan fingerprint density at radius 3 is 2.90 bits per heavy atom. The second kappa shape index (κ2) is 8.58. The topological polar surface area (TPSA) is 107 Å². The highest BCUT2D eigenvalue weighted by molar-refractivity contribution is 7.18. The molecule has 9 heteroatoms. The molecule has 0 unspecified atom stereocenters. The van der Waals surface area contributed by atoms with E-state index < -0.39 is 17.2 Å². The van der Waals surface area contributed by atoms with Crippen LogP contribution in [0.25, 0.3) is 21.3 Å². The molecule has 0 spiro atoms. The van der Waals surface area contributed by atoms with Gasteiger partial charge in [0.05, 0.1) is 32.8 Å². The number of hydrogen-bond acceptors (Lipinski definition) is 7. The molecule has 3 heterocycles. The Morgan fingerprint density at radius 2 is 2.10 bits per heavy atom. The van der Waals surface area contributed by atoms with Crippen molar-refractivity contribution in [3.63, 3.8) is 0 Å². The quantitative estimate of drug-likeness (QED) is 0.361. The molecule has 0 fully saturated rings. The van der Waals surface area contributed by atoms with Crippen LogP contribution in [0.3, 0.4) is 0 Å². The first-order valence-corrected chi connectivity index (χ1v) is 10.5. The number of ether oxygens (including phenoxy) is 1. The molecule has 4 rings (SSSR count). The van der Waals surface area contributed by atoms with E-state index in [1.54, 1.807) is 11.3 Å². The highest BCUT2D eigenvalue weighted by Gasteiger charge is 2.14. The van der Waals surface area contributed by atoms with Crippen LogP contribution in [0.15, 0.2) is 46.1 Å². The number of esters is 1. The molecule has 0 atom stereocenters. The van der Waals surface area contributed by atoms with Crippen LogP contribution in [-0.4, -0.2) is 32.1 Å². The smallest absolute Gasteiger partial charge is 0.339 e. The molecule has 4 aromatic rings. The number of thiazole rings is 1. The zero-order valence-electron chi connectivity index (χ0n) is 16.4. The Morgan fingerprint density at radius 1 is 1.27 bits per heavy atom. The van der Waals surface area contributed by atoms with E-state index in [0.29, 0.717) is 25.8 Å². The van der Waals surface area contributed by atoms with Crippen molar-refractivity contribution in [3.05, 3.63) is 67.9 Å². The van der Waals surface area contributed by atoms with E-state index >= 15 is 0 Å². The molecule has 0 aliphatic heterocycles. The fourth-order valence-corrected chi connectivity index (χ4v) is 4.22. The van der Waals surface area contributed by atoms with Gasteiger partial charge in [0.2, 0.25) is 0 Å². The number of benzene rings is 1. The van der Waals surface area contributed by atoms with Gasteiger partial charge < -0.3 is 4.74 Å². The van der Waals surface area contributed by atoms with E-state index in [9.17, 15) is 14.4 Å². The summed E-state index contributed by atoms with van der Waals surface area (Å²) in [6.07, 6.45) is 3.40. The Kier molecular flexibility index (Phi) is 5.71. The van der Waals surface area contributed by atoms with E-state index in [1.807, 2.05) is 31.2 Å². The minimum absolute atomic E-state index is 0.176. The van der Waals surface area contributed by atoms with Gasteiger partial charge in [0.15, 0.2) is 0 Å². The summed E-state index contributed by atoms with van der Waals surface area (Å²) in [7, 11) is 0. The van der Waals surface area contributed by atoms with Crippen molar-refractivity contribution in [2.75, 3.05) is 6.61 Å². The van der Waals surface area contributed by atoms with Crippen molar-refractivity contribution in [2.24, 2.45) is 0 Å². The summed E-state index contributed by atoms with van der Waals surface area (Å²) in [5, 5.41) is 1.19. The second-order valence-corrected chi connectivity index (χ2v) is 7.94. The zero-order chi connectivity index (χ0) is 21.1. The standard InChI is InChI=1S/C21H20N4O4S/c1-2-9-25-18-14(19(26)24-21(25)28)11-13(12-22-18)20(27)29-10-5-8-17-23-15-6-3-4-7-16(15)30-17/h3-4,6-7,11-12H,2,5,8-10H2,1H3,(H,24,26,28). The van der Waals surface area contributed by atoms with Crippen LogP contribution in [0.4, 0.5) is 0 Å². The summed E-state index contributed by atoms with van der Waals surface area (Å²) >= 11 is 1.63. The predicted octanol–water partition coefficient (Wildman–Crippen LogP) is 2.89. The first kappa shape index (κ1) is 20.0. The summed E-state index contributed by atoms with van der Waals surface area (Å²) in [4.78, 5) is 47.5. The van der Waals surface area contributed by atoms with E-state index in [2.05, 4.69) is 15.0 Å². The summed E-state index contributed by atoms with van der Waals surface area (Å²) in [6.45, 7) is 2.58. The molecule has 0 amide bonds. The van der Waals surface area contributed by atoms with Gasteiger partial charge in [0.25, 0.3) is 5.56 Å². The Bertz CT molecular complexity index is 1310. The number of carbonyl (C=O) groups is 1.